The van der Waals surface area contributed by atoms with E-state index in [1.165, 1.54) is 0 Å². The van der Waals surface area contributed by atoms with Crippen molar-refractivity contribution in [3.63, 3.8) is 0 Å². The lowest BCUT2D eigenvalue weighted by atomic mass is 9.80. The molecule has 0 amide bonds. The summed E-state index contributed by atoms with van der Waals surface area (Å²) in [6.07, 6.45) is 0.672. The number of nitrogens with two attached hydrogens (primary N) is 1. The molecule has 3 heteroatoms. The molecule has 0 radical (unpaired) electrons. The van der Waals surface area contributed by atoms with E-state index in [2.05, 4.69) is 0 Å². The Morgan fingerprint density at radius 3 is 2.36 bits per heavy atom. The van der Waals surface area contributed by atoms with Crippen LogP contribution < -0.4 is 5.73 Å². The van der Waals surface area contributed by atoms with Crippen molar-refractivity contribution in [2.75, 3.05) is 13.2 Å². The van der Waals surface area contributed by atoms with Gasteiger partial charge in [0.15, 0.2) is 0 Å². The average Bonchev–Trinajstić information content (AvgIpc) is 2.19. The third-order valence-corrected chi connectivity index (χ3v) is 2.91. The number of hydrogen-bond donors (Lipinski definition) is 2. The molecule has 1 rings (SSSR count). The fourth-order valence-corrected chi connectivity index (χ4v) is 1.59. The van der Waals surface area contributed by atoms with Crippen molar-refractivity contribution in [3.05, 3.63) is 34.9 Å². The van der Waals surface area contributed by atoms with Gasteiger partial charge in [0.25, 0.3) is 0 Å². The van der Waals surface area contributed by atoms with Crippen LogP contribution in [-0.2, 0) is 5.41 Å². The minimum Gasteiger partial charge on any atom is -0.396 e. The standard InChI is InChI=1S/C11H16ClNO/c1-11(8-13,6-7-14)9-2-4-10(12)5-3-9/h2-5,14H,6-8,13H2,1H3. The predicted molar refractivity (Wildman–Crippen MR) is 59.6 cm³/mol. The molecule has 14 heavy (non-hydrogen) atoms. The smallest absolute Gasteiger partial charge is 0.0439 e. The molecule has 0 aliphatic heterocycles. The van der Waals surface area contributed by atoms with Crippen molar-refractivity contribution < 1.29 is 5.11 Å². The Kier molecular flexibility index (Phi) is 3.93. The summed E-state index contributed by atoms with van der Waals surface area (Å²) in [5.74, 6) is 0. The number of halogens is 1. The fourth-order valence-electron chi connectivity index (χ4n) is 1.46. The number of benzene rings is 1. The van der Waals surface area contributed by atoms with Gasteiger partial charge < -0.3 is 10.8 Å². The van der Waals surface area contributed by atoms with Crippen LogP contribution in [0.3, 0.4) is 0 Å². The van der Waals surface area contributed by atoms with Crippen molar-refractivity contribution in [3.8, 4) is 0 Å². The van der Waals surface area contributed by atoms with E-state index >= 15 is 0 Å². The molecular weight excluding hydrogens is 198 g/mol. The van der Waals surface area contributed by atoms with Crippen LogP contribution in [0.5, 0.6) is 0 Å². The maximum absolute atomic E-state index is 8.97. The summed E-state index contributed by atoms with van der Waals surface area (Å²) in [5, 5.41) is 9.69. The molecule has 1 aromatic rings. The van der Waals surface area contributed by atoms with Crippen LogP contribution in [0.25, 0.3) is 0 Å². The summed E-state index contributed by atoms with van der Waals surface area (Å²) >= 11 is 5.80. The van der Waals surface area contributed by atoms with Crippen LogP contribution in [0.2, 0.25) is 5.02 Å². The van der Waals surface area contributed by atoms with Gasteiger partial charge in [0.1, 0.15) is 0 Å². The van der Waals surface area contributed by atoms with Gasteiger partial charge in [-0.05, 0) is 24.1 Å². The van der Waals surface area contributed by atoms with Gasteiger partial charge in [-0.2, -0.15) is 0 Å². The van der Waals surface area contributed by atoms with Crippen LogP contribution in [-0.4, -0.2) is 18.3 Å². The Balaban J connectivity index is 2.94. The third kappa shape index (κ3) is 2.47. The van der Waals surface area contributed by atoms with E-state index < -0.39 is 0 Å². The first-order valence-corrected chi connectivity index (χ1v) is 5.07. The second kappa shape index (κ2) is 4.78. The molecule has 0 fully saturated rings. The molecule has 0 saturated heterocycles. The van der Waals surface area contributed by atoms with Gasteiger partial charge in [-0.25, -0.2) is 0 Å². The summed E-state index contributed by atoms with van der Waals surface area (Å²) < 4.78 is 0. The minimum atomic E-state index is -0.153. The van der Waals surface area contributed by atoms with Crippen LogP contribution in [0.15, 0.2) is 24.3 Å². The predicted octanol–water partition coefficient (Wildman–Crippen LogP) is 1.94. The summed E-state index contributed by atoms with van der Waals surface area (Å²) in [4.78, 5) is 0. The van der Waals surface area contributed by atoms with E-state index in [1.54, 1.807) is 0 Å². The van der Waals surface area contributed by atoms with Gasteiger partial charge in [-0.1, -0.05) is 30.7 Å². The van der Waals surface area contributed by atoms with E-state index in [-0.39, 0.29) is 12.0 Å². The van der Waals surface area contributed by atoms with E-state index in [0.717, 1.165) is 10.6 Å². The summed E-state index contributed by atoms with van der Waals surface area (Å²) in [6, 6.07) is 7.63. The number of hydrogen-bond acceptors (Lipinski definition) is 2. The molecule has 78 valence electrons. The molecular formula is C11H16ClNO. The first kappa shape index (κ1) is 11.5. The van der Waals surface area contributed by atoms with Gasteiger partial charge in [0, 0.05) is 23.6 Å². The van der Waals surface area contributed by atoms with Crippen LogP contribution in [0, 0.1) is 0 Å². The number of aliphatic hydroxyl groups is 1. The molecule has 0 aliphatic rings. The Morgan fingerprint density at radius 2 is 1.93 bits per heavy atom. The second-order valence-corrected chi connectivity index (χ2v) is 4.18. The number of aliphatic hydroxyl groups excluding tert-OH is 1. The molecule has 3 N–H and O–H groups in total. The fraction of sp³-hybridized carbons (Fsp3) is 0.455. The third-order valence-electron chi connectivity index (χ3n) is 2.66. The lowest BCUT2D eigenvalue weighted by molar-refractivity contribution is 0.247. The molecule has 0 aliphatic carbocycles. The lowest BCUT2D eigenvalue weighted by Gasteiger charge is -2.27. The Hall–Kier alpha value is -0.570. The molecule has 1 unspecified atom stereocenters. The topological polar surface area (TPSA) is 46.2 Å². The molecule has 0 bridgehead atoms. The van der Waals surface area contributed by atoms with Gasteiger partial charge in [0.2, 0.25) is 0 Å². The quantitative estimate of drug-likeness (QED) is 0.803. The van der Waals surface area contributed by atoms with E-state index in [9.17, 15) is 0 Å². The van der Waals surface area contributed by atoms with Crippen molar-refractivity contribution >= 4 is 11.6 Å². The van der Waals surface area contributed by atoms with Crippen molar-refractivity contribution in [2.45, 2.75) is 18.8 Å². The second-order valence-electron chi connectivity index (χ2n) is 3.75. The highest BCUT2D eigenvalue weighted by atomic mass is 35.5. The summed E-state index contributed by atoms with van der Waals surface area (Å²) in [5.41, 5.74) is 6.69. The lowest BCUT2D eigenvalue weighted by Crippen LogP contribution is -2.32. The molecule has 0 heterocycles. The molecule has 1 aromatic carbocycles. The molecule has 1 atom stereocenters. The zero-order valence-corrected chi connectivity index (χ0v) is 9.09. The first-order chi connectivity index (χ1) is 6.62. The number of rotatable bonds is 4. The van der Waals surface area contributed by atoms with E-state index in [4.69, 9.17) is 22.4 Å². The monoisotopic (exact) mass is 213 g/mol. The largest absolute Gasteiger partial charge is 0.396 e. The molecule has 0 spiro atoms. The molecule has 0 aromatic heterocycles. The van der Waals surface area contributed by atoms with Crippen molar-refractivity contribution in [2.24, 2.45) is 5.73 Å². The average molecular weight is 214 g/mol. The van der Waals surface area contributed by atoms with E-state index in [1.807, 2.05) is 31.2 Å². The molecule has 0 saturated carbocycles. The first-order valence-electron chi connectivity index (χ1n) is 4.69. The van der Waals surface area contributed by atoms with E-state index in [0.29, 0.717) is 13.0 Å². The minimum absolute atomic E-state index is 0.149. The normalized spacial score (nSPS) is 15.1. The van der Waals surface area contributed by atoms with Crippen molar-refractivity contribution in [1.82, 2.24) is 0 Å². The highest BCUT2D eigenvalue weighted by molar-refractivity contribution is 6.30. The SMILES string of the molecule is CC(CN)(CCO)c1ccc(Cl)cc1. The Labute approximate surface area is 89.7 Å². The molecule has 2 nitrogen and oxygen atoms in total. The van der Waals surface area contributed by atoms with Gasteiger partial charge >= 0.3 is 0 Å². The van der Waals surface area contributed by atoms with Crippen LogP contribution in [0.1, 0.15) is 18.9 Å². The van der Waals surface area contributed by atoms with Crippen molar-refractivity contribution in [1.29, 1.82) is 0 Å². The van der Waals surface area contributed by atoms with Gasteiger partial charge in [-0.3, -0.25) is 0 Å². The Bertz CT molecular complexity index is 286. The van der Waals surface area contributed by atoms with Crippen LogP contribution >= 0.6 is 11.6 Å². The zero-order valence-electron chi connectivity index (χ0n) is 8.33. The van der Waals surface area contributed by atoms with Gasteiger partial charge in [-0.15, -0.1) is 0 Å². The maximum Gasteiger partial charge on any atom is 0.0439 e. The zero-order chi connectivity index (χ0) is 10.6. The van der Waals surface area contributed by atoms with Gasteiger partial charge in [0.05, 0.1) is 0 Å². The Morgan fingerprint density at radius 1 is 1.36 bits per heavy atom. The maximum atomic E-state index is 8.97. The summed E-state index contributed by atoms with van der Waals surface area (Å²) in [7, 11) is 0. The van der Waals surface area contributed by atoms with Crippen LogP contribution in [0.4, 0.5) is 0 Å². The highest BCUT2D eigenvalue weighted by Gasteiger charge is 2.23. The highest BCUT2D eigenvalue weighted by Crippen LogP contribution is 2.27. The summed E-state index contributed by atoms with van der Waals surface area (Å²) in [6.45, 7) is 2.72.